The Morgan fingerprint density at radius 1 is 1.11 bits per heavy atom. The predicted octanol–water partition coefficient (Wildman–Crippen LogP) is 2.58. The lowest BCUT2D eigenvalue weighted by Gasteiger charge is -2.07. The third kappa shape index (κ3) is 4.45. The summed E-state index contributed by atoms with van der Waals surface area (Å²) in [6.45, 7) is 1.22. The van der Waals surface area contributed by atoms with Crippen molar-refractivity contribution in [1.82, 2.24) is 4.57 Å². The van der Waals surface area contributed by atoms with E-state index < -0.39 is 16.1 Å². The second-order valence-corrected chi connectivity index (χ2v) is 7.46. The van der Waals surface area contributed by atoms with Gasteiger partial charge in [-0.3, -0.25) is 0 Å². The Hall–Kier alpha value is -2.88. The second kappa shape index (κ2) is 7.78. The van der Waals surface area contributed by atoms with Crippen LogP contribution in [0.2, 0.25) is 0 Å². The highest BCUT2D eigenvalue weighted by Gasteiger charge is 2.12. The summed E-state index contributed by atoms with van der Waals surface area (Å²) in [4.78, 5) is 12.3. The zero-order valence-corrected chi connectivity index (χ0v) is 15.5. The van der Waals surface area contributed by atoms with Crippen LogP contribution in [-0.4, -0.2) is 32.7 Å². The molecule has 27 heavy (non-hydrogen) atoms. The molecule has 8 nitrogen and oxygen atoms in total. The largest absolute Gasteiger partial charge is 0.383 e. The summed E-state index contributed by atoms with van der Waals surface area (Å²) in [6, 6.07) is 12.9. The molecule has 0 atom stereocenters. The molecule has 0 aliphatic heterocycles. The Kier molecular flexibility index (Phi) is 5.45. The van der Waals surface area contributed by atoms with Gasteiger partial charge in [0, 0.05) is 30.9 Å². The summed E-state index contributed by atoms with van der Waals surface area (Å²) in [6.07, 6.45) is 1.85. The Morgan fingerprint density at radius 2 is 1.81 bits per heavy atom. The number of para-hydroxylation sites is 1. The molecule has 2 amide bonds. The number of carbonyl (C=O) groups is 1. The van der Waals surface area contributed by atoms with Gasteiger partial charge in [0.1, 0.15) is 0 Å². The van der Waals surface area contributed by atoms with Gasteiger partial charge in [0.2, 0.25) is 10.0 Å². The topological polar surface area (TPSA) is 115 Å². The molecule has 2 aromatic carbocycles. The van der Waals surface area contributed by atoms with Gasteiger partial charge in [-0.25, -0.2) is 18.4 Å². The number of nitrogens with zero attached hydrogens (tertiary/aromatic N) is 1. The molecular weight excluding hydrogens is 368 g/mol. The summed E-state index contributed by atoms with van der Waals surface area (Å²) in [7, 11) is -2.13. The molecule has 3 rings (SSSR count). The average molecular weight is 388 g/mol. The maximum atomic E-state index is 12.3. The van der Waals surface area contributed by atoms with Crippen LogP contribution in [0.3, 0.4) is 0 Å². The monoisotopic (exact) mass is 388 g/mol. The van der Waals surface area contributed by atoms with Crippen LogP contribution in [0.5, 0.6) is 0 Å². The molecule has 4 N–H and O–H groups in total. The number of hydrogen-bond acceptors (Lipinski definition) is 4. The lowest BCUT2D eigenvalue weighted by Crippen LogP contribution is -2.19. The van der Waals surface area contributed by atoms with Crippen LogP contribution < -0.4 is 15.8 Å². The molecule has 3 aromatic rings. The minimum Gasteiger partial charge on any atom is -0.383 e. The maximum absolute atomic E-state index is 12.3. The van der Waals surface area contributed by atoms with Crippen LogP contribution in [0.25, 0.3) is 10.9 Å². The lowest BCUT2D eigenvalue weighted by atomic mass is 10.2. The highest BCUT2D eigenvalue weighted by Crippen LogP contribution is 2.26. The number of fused-ring (bicyclic) bond motifs is 1. The summed E-state index contributed by atoms with van der Waals surface area (Å²) in [5, 5.41) is 11.5. The number of nitrogens with one attached hydrogen (secondary N) is 2. The van der Waals surface area contributed by atoms with E-state index in [1.54, 1.807) is 7.11 Å². The SMILES string of the molecule is COCCn1cc(NC(=O)Nc2ccc(S(N)(=O)=O)cc2)c2ccccc21. The van der Waals surface area contributed by atoms with Gasteiger partial charge >= 0.3 is 6.03 Å². The van der Waals surface area contributed by atoms with E-state index in [0.29, 0.717) is 24.5 Å². The van der Waals surface area contributed by atoms with Crippen LogP contribution in [0.1, 0.15) is 0 Å². The minimum atomic E-state index is -3.77. The molecule has 0 fully saturated rings. The number of sulfonamides is 1. The third-order valence-electron chi connectivity index (χ3n) is 4.01. The third-order valence-corrected chi connectivity index (χ3v) is 4.94. The molecule has 9 heteroatoms. The minimum absolute atomic E-state index is 0.0188. The van der Waals surface area contributed by atoms with Gasteiger partial charge in [0.15, 0.2) is 0 Å². The van der Waals surface area contributed by atoms with Crippen LogP contribution in [0.15, 0.2) is 59.6 Å². The fourth-order valence-corrected chi connectivity index (χ4v) is 3.25. The smallest absolute Gasteiger partial charge is 0.323 e. The van der Waals surface area contributed by atoms with Gasteiger partial charge in [-0.15, -0.1) is 0 Å². The van der Waals surface area contributed by atoms with E-state index in [1.165, 1.54) is 24.3 Å². The highest BCUT2D eigenvalue weighted by atomic mass is 32.2. The number of anilines is 2. The van der Waals surface area contributed by atoms with E-state index in [0.717, 1.165) is 10.9 Å². The molecule has 0 aliphatic carbocycles. The first kappa shape index (κ1) is 18.9. The second-order valence-electron chi connectivity index (χ2n) is 5.89. The van der Waals surface area contributed by atoms with Crippen LogP contribution in [-0.2, 0) is 21.3 Å². The van der Waals surface area contributed by atoms with E-state index in [2.05, 4.69) is 10.6 Å². The number of carbonyl (C=O) groups excluding carboxylic acids is 1. The fourth-order valence-electron chi connectivity index (χ4n) is 2.73. The normalized spacial score (nSPS) is 11.5. The summed E-state index contributed by atoms with van der Waals surface area (Å²) < 4.78 is 29.7. The predicted molar refractivity (Wildman–Crippen MR) is 104 cm³/mol. The molecule has 1 aromatic heterocycles. The van der Waals surface area contributed by atoms with Crippen LogP contribution in [0.4, 0.5) is 16.2 Å². The standard InChI is InChI=1S/C18H20N4O4S/c1-26-11-10-22-12-16(15-4-2-3-5-17(15)22)21-18(23)20-13-6-8-14(9-7-13)27(19,24)25/h2-9,12H,10-11H2,1H3,(H2,19,24,25)(H2,20,21,23). The number of ether oxygens (including phenoxy) is 1. The zero-order valence-electron chi connectivity index (χ0n) is 14.7. The number of hydrogen-bond donors (Lipinski definition) is 3. The van der Waals surface area contributed by atoms with Crippen molar-refractivity contribution in [2.24, 2.45) is 5.14 Å². The van der Waals surface area contributed by atoms with Gasteiger partial charge in [-0.2, -0.15) is 0 Å². The molecule has 0 aliphatic rings. The van der Waals surface area contributed by atoms with Crippen LogP contribution >= 0.6 is 0 Å². The maximum Gasteiger partial charge on any atom is 0.323 e. The zero-order chi connectivity index (χ0) is 19.4. The van der Waals surface area contributed by atoms with Crippen molar-refractivity contribution < 1.29 is 17.9 Å². The molecule has 0 saturated heterocycles. The quantitative estimate of drug-likeness (QED) is 0.602. The summed E-state index contributed by atoms with van der Waals surface area (Å²) >= 11 is 0. The van der Waals surface area contributed by atoms with E-state index >= 15 is 0 Å². The van der Waals surface area contributed by atoms with E-state index in [-0.39, 0.29) is 4.90 Å². The van der Waals surface area contributed by atoms with Gasteiger partial charge in [-0.1, -0.05) is 18.2 Å². The van der Waals surface area contributed by atoms with Gasteiger partial charge in [0.05, 0.1) is 22.7 Å². The Labute approximate surface area is 157 Å². The van der Waals surface area contributed by atoms with Gasteiger partial charge in [0.25, 0.3) is 0 Å². The molecular formula is C18H20N4O4S. The van der Waals surface area contributed by atoms with Crippen molar-refractivity contribution in [1.29, 1.82) is 0 Å². The Bertz CT molecular complexity index is 1060. The van der Waals surface area contributed by atoms with E-state index in [4.69, 9.17) is 9.88 Å². The number of methoxy groups -OCH3 is 1. The summed E-state index contributed by atoms with van der Waals surface area (Å²) in [5.41, 5.74) is 2.10. The first-order chi connectivity index (χ1) is 12.9. The van der Waals surface area contributed by atoms with E-state index in [9.17, 15) is 13.2 Å². The number of rotatable bonds is 6. The first-order valence-electron chi connectivity index (χ1n) is 8.16. The fraction of sp³-hybridized carbons (Fsp3) is 0.167. The van der Waals surface area contributed by atoms with Crippen molar-refractivity contribution >= 4 is 38.3 Å². The summed E-state index contributed by atoms with van der Waals surface area (Å²) in [5.74, 6) is 0. The lowest BCUT2D eigenvalue weighted by molar-refractivity contribution is 0.188. The van der Waals surface area contributed by atoms with Crippen molar-refractivity contribution in [2.45, 2.75) is 11.4 Å². The molecule has 142 valence electrons. The van der Waals surface area contributed by atoms with Crippen molar-refractivity contribution in [3.63, 3.8) is 0 Å². The van der Waals surface area contributed by atoms with Crippen molar-refractivity contribution in [3.8, 4) is 0 Å². The van der Waals surface area contributed by atoms with Crippen molar-refractivity contribution in [2.75, 3.05) is 24.4 Å². The van der Waals surface area contributed by atoms with Gasteiger partial charge in [-0.05, 0) is 30.3 Å². The highest BCUT2D eigenvalue weighted by molar-refractivity contribution is 7.89. The molecule has 0 unspecified atom stereocenters. The van der Waals surface area contributed by atoms with Crippen LogP contribution in [0, 0.1) is 0 Å². The van der Waals surface area contributed by atoms with E-state index in [1.807, 2.05) is 35.0 Å². The number of urea groups is 1. The number of primary sulfonamides is 1. The molecule has 0 saturated carbocycles. The molecule has 0 radical (unpaired) electrons. The number of aromatic nitrogens is 1. The average Bonchev–Trinajstić information content (AvgIpc) is 2.97. The Morgan fingerprint density at radius 3 is 2.48 bits per heavy atom. The molecule has 1 heterocycles. The number of amides is 2. The molecule has 0 bridgehead atoms. The van der Waals surface area contributed by atoms with Crippen molar-refractivity contribution in [3.05, 3.63) is 54.7 Å². The number of nitrogens with two attached hydrogens (primary N) is 1. The first-order valence-corrected chi connectivity index (χ1v) is 9.71. The number of benzene rings is 2. The Balaban J connectivity index is 1.76. The molecule has 0 spiro atoms. The van der Waals surface area contributed by atoms with Gasteiger partial charge < -0.3 is 19.9 Å².